The van der Waals surface area contributed by atoms with Crippen LogP contribution in [0.25, 0.3) is 0 Å². The SMILES string of the molecule is COCc1ccc(NC(=O)Nc2ccnc(C)c2)cc1. The highest BCUT2D eigenvalue weighted by Gasteiger charge is 2.03. The molecule has 0 aliphatic heterocycles. The molecule has 0 saturated heterocycles. The van der Waals surface area contributed by atoms with E-state index in [2.05, 4.69) is 15.6 Å². The summed E-state index contributed by atoms with van der Waals surface area (Å²) in [5, 5.41) is 5.52. The number of carbonyl (C=O) groups excluding carboxylic acids is 1. The largest absolute Gasteiger partial charge is 0.380 e. The molecule has 0 atom stereocenters. The number of anilines is 2. The second-order valence-corrected chi connectivity index (χ2v) is 4.39. The maximum Gasteiger partial charge on any atom is 0.323 e. The molecule has 5 nitrogen and oxygen atoms in total. The lowest BCUT2D eigenvalue weighted by molar-refractivity contribution is 0.185. The molecule has 20 heavy (non-hydrogen) atoms. The van der Waals surface area contributed by atoms with Crippen LogP contribution in [0.2, 0.25) is 0 Å². The fraction of sp³-hybridized carbons (Fsp3) is 0.200. The van der Waals surface area contributed by atoms with E-state index in [1.807, 2.05) is 31.2 Å². The third kappa shape index (κ3) is 4.07. The van der Waals surface area contributed by atoms with Crippen molar-refractivity contribution in [3.8, 4) is 0 Å². The highest BCUT2D eigenvalue weighted by molar-refractivity contribution is 5.99. The molecule has 1 heterocycles. The van der Waals surface area contributed by atoms with Gasteiger partial charge in [-0.25, -0.2) is 4.79 Å². The van der Waals surface area contributed by atoms with Crippen LogP contribution < -0.4 is 10.6 Å². The Morgan fingerprint density at radius 2 is 1.85 bits per heavy atom. The van der Waals surface area contributed by atoms with Crippen molar-refractivity contribution in [3.63, 3.8) is 0 Å². The number of pyridine rings is 1. The van der Waals surface area contributed by atoms with Gasteiger partial charge in [0, 0.05) is 30.4 Å². The summed E-state index contributed by atoms with van der Waals surface area (Å²) in [5.74, 6) is 0. The maximum absolute atomic E-state index is 11.8. The minimum atomic E-state index is -0.282. The molecular weight excluding hydrogens is 254 g/mol. The zero-order valence-corrected chi connectivity index (χ0v) is 11.5. The standard InChI is InChI=1S/C15H17N3O2/c1-11-9-14(7-8-16-11)18-15(19)17-13-5-3-12(4-6-13)10-20-2/h3-9H,10H2,1-2H3,(H2,16,17,18,19). The number of carbonyl (C=O) groups is 1. The van der Waals surface area contributed by atoms with E-state index in [0.29, 0.717) is 12.3 Å². The zero-order chi connectivity index (χ0) is 14.4. The van der Waals surface area contributed by atoms with E-state index in [1.54, 1.807) is 25.4 Å². The van der Waals surface area contributed by atoms with Gasteiger partial charge in [-0.2, -0.15) is 0 Å². The molecular formula is C15H17N3O2. The molecule has 0 aliphatic rings. The summed E-state index contributed by atoms with van der Waals surface area (Å²) < 4.78 is 5.03. The number of amides is 2. The zero-order valence-electron chi connectivity index (χ0n) is 11.5. The maximum atomic E-state index is 11.8. The lowest BCUT2D eigenvalue weighted by Crippen LogP contribution is -2.19. The van der Waals surface area contributed by atoms with E-state index in [4.69, 9.17) is 4.74 Å². The second kappa shape index (κ2) is 6.68. The van der Waals surface area contributed by atoms with Gasteiger partial charge in [-0.15, -0.1) is 0 Å². The molecule has 2 amide bonds. The van der Waals surface area contributed by atoms with E-state index >= 15 is 0 Å². The van der Waals surface area contributed by atoms with Gasteiger partial charge in [0.25, 0.3) is 0 Å². The summed E-state index contributed by atoms with van der Waals surface area (Å²) in [4.78, 5) is 15.9. The lowest BCUT2D eigenvalue weighted by Gasteiger charge is -2.08. The second-order valence-electron chi connectivity index (χ2n) is 4.39. The Morgan fingerprint density at radius 3 is 2.50 bits per heavy atom. The van der Waals surface area contributed by atoms with E-state index in [9.17, 15) is 4.79 Å². The first-order valence-corrected chi connectivity index (χ1v) is 6.26. The molecule has 1 aromatic heterocycles. The Bertz CT molecular complexity index is 582. The molecule has 0 saturated carbocycles. The van der Waals surface area contributed by atoms with Crippen LogP contribution in [0.5, 0.6) is 0 Å². The van der Waals surface area contributed by atoms with Crippen LogP contribution in [0.15, 0.2) is 42.6 Å². The average molecular weight is 271 g/mol. The summed E-state index contributed by atoms with van der Waals surface area (Å²) >= 11 is 0. The molecule has 0 fully saturated rings. The fourth-order valence-electron chi connectivity index (χ4n) is 1.77. The number of hydrogen-bond donors (Lipinski definition) is 2. The summed E-state index contributed by atoms with van der Waals surface area (Å²) in [6.45, 7) is 2.43. The van der Waals surface area contributed by atoms with Crippen molar-refractivity contribution < 1.29 is 9.53 Å². The molecule has 0 bridgehead atoms. The number of rotatable bonds is 4. The average Bonchev–Trinajstić information content (AvgIpc) is 2.41. The summed E-state index contributed by atoms with van der Waals surface area (Å²) in [6, 6.07) is 10.8. The molecule has 2 rings (SSSR count). The van der Waals surface area contributed by atoms with Crippen molar-refractivity contribution in [2.45, 2.75) is 13.5 Å². The van der Waals surface area contributed by atoms with Gasteiger partial charge in [0.05, 0.1) is 6.61 Å². The first-order valence-electron chi connectivity index (χ1n) is 6.26. The first kappa shape index (κ1) is 14.0. The molecule has 5 heteroatoms. The fourth-order valence-corrected chi connectivity index (χ4v) is 1.77. The van der Waals surface area contributed by atoms with Crippen molar-refractivity contribution in [2.24, 2.45) is 0 Å². The molecule has 0 radical (unpaired) electrons. The highest BCUT2D eigenvalue weighted by Crippen LogP contribution is 2.12. The number of aromatic nitrogens is 1. The number of aryl methyl sites for hydroxylation is 1. The van der Waals surface area contributed by atoms with Gasteiger partial charge in [-0.1, -0.05) is 12.1 Å². The molecule has 2 aromatic rings. The molecule has 0 aliphatic carbocycles. The minimum Gasteiger partial charge on any atom is -0.380 e. The van der Waals surface area contributed by atoms with Crippen LogP contribution >= 0.6 is 0 Å². The van der Waals surface area contributed by atoms with E-state index in [1.165, 1.54) is 0 Å². The van der Waals surface area contributed by atoms with E-state index in [0.717, 1.165) is 16.9 Å². The van der Waals surface area contributed by atoms with Crippen molar-refractivity contribution in [1.82, 2.24) is 4.98 Å². The van der Waals surface area contributed by atoms with Gasteiger partial charge < -0.3 is 15.4 Å². The lowest BCUT2D eigenvalue weighted by atomic mass is 10.2. The Morgan fingerprint density at radius 1 is 1.15 bits per heavy atom. The third-order valence-electron chi connectivity index (χ3n) is 2.68. The van der Waals surface area contributed by atoms with Gasteiger partial charge in [-0.05, 0) is 36.8 Å². The summed E-state index contributed by atoms with van der Waals surface area (Å²) in [5.41, 5.74) is 3.36. The van der Waals surface area contributed by atoms with Crippen LogP contribution in [-0.2, 0) is 11.3 Å². The number of hydrogen-bond acceptors (Lipinski definition) is 3. The van der Waals surface area contributed by atoms with Crippen molar-refractivity contribution in [1.29, 1.82) is 0 Å². The Labute approximate surface area is 118 Å². The first-order chi connectivity index (χ1) is 9.67. The predicted molar refractivity (Wildman–Crippen MR) is 78.8 cm³/mol. The Balaban J connectivity index is 1.94. The molecule has 1 aromatic carbocycles. The predicted octanol–water partition coefficient (Wildman–Crippen LogP) is 3.18. The van der Waals surface area contributed by atoms with E-state index < -0.39 is 0 Å². The third-order valence-corrected chi connectivity index (χ3v) is 2.68. The van der Waals surface area contributed by atoms with Crippen LogP contribution in [-0.4, -0.2) is 18.1 Å². The normalized spacial score (nSPS) is 10.1. The molecule has 0 unspecified atom stereocenters. The highest BCUT2D eigenvalue weighted by atomic mass is 16.5. The van der Waals surface area contributed by atoms with Gasteiger partial charge in [-0.3, -0.25) is 4.98 Å². The summed E-state index contributed by atoms with van der Waals surface area (Å²) in [6.07, 6.45) is 1.66. The number of ether oxygens (including phenoxy) is 1. The molecule has 0 spiro atoms. The minimum absolute atomic E-state index is 0.282. The van der Waals surface area contributed by atoms with Crippen LogP contribution in [0, 0.1) is 6.92 Å². The van der Waals surface area contributed by atoms with Crippen molar-refractivity contribution in [2.75, 3.05) is 17.7 Å². The van der Waals surface area contributed by atoms with Crippen LogP contribution in [0.1, 0.15) is 11.3 Å². The summed E-state index contributed by atoms with van der Waals surface area (Å²) in [7, 11) is 1.65. The number of nitrogens with one attached hydrogen (secondary N) is 2. The number of benzene rings is 1. The topological polar surface area (TPSA) is 63.2 Å². The smallest absolute Gasteiger partial charge is 0.323 e. The van der Waals surface area contributed by atoms with Gasteiger partial charge in [0.15, 0.2) is 0 Å². The van der Waals surface area contributed by atoms with Gasteiger partial charge >= 0.3 is 6.03 Å². The van der Waals surface area contributed by atoms with Crippen LogP contribution in [0.3, 0.4) is 0 Å². The molecule has 2 N–H and O–H groups in total. The van der Waals surface area contributed by atoms with Gasteiger partial charge in [0.2, 0.25) is 0 Å². The van der Waals surface area contributed by atoms with Crippen molar-refractivity contribution in [3.05, 3.63) is 53.9 Å². The number of nitrogens with zero attached hydrogens (tertiary/aromatic N) is 1. The number of urea groups is 1. The Hall–Kier alpha value is -2.40. The number of methoxy groups -OCH3 is 1. The van der Waals surface area contributed by atoms with Gasteiger partial charge in [0.1, 0.15) is 0 Å². The monoisotopic (exact) mass is 271 g/mol. The van der Waals surface area contributed by atoms with E-state index in [-0.39, 0.29) is 6.03 Å². The quantitative estimate of drug-likeness (QED) is 0.897. The van der Waals surface area contributed by atoms with Crippen molar-refractivity contribution >= 4 is 17.4 Å². The Kier molecular flexibility index (Phi) is 4.68. The van der Waals surface area contributed by atoms with Crippen LogP contribution in [0.4, 0.5) is 16.2 Å². The molecule has 104 valence electrons.